The van der Waals surface area contributed by atoms with Crippen molar-refractivity contribution in [1.82, 2.24) is 9.78 Å². The lowest BCUT2D eigenvalue weighted by Gasteiger charge is -2.15. The van der Waals surface area contributed by atoms with E-state index in [-0.39, 0.29) is 5.54 Å². The first kappa shape index (κ1) is 8.82. The van der Waals surface area contributed by atoms with Crippen molar-refractivity contribution >= 4 is 0 Å². The van der Waals surface area contributed by atoms with Gasteiger partial charge in [-0.05, 0) is 13.8 Å². The molecule has 0 amide bonds. The molecule has 0 aliphatic heterocycles. The molecule has 2 N–H and O–H groups in total. The lowest BCUT2D eigenvalue weighted by Crippen LogP contribution is -2.27. The Hall–Kier alpha value is -1.27. The number of hydrogen-bond donors (Lipinski definition) is 1. The van der Waals surface area contributed by atoms with Crippen molar-refractivity contribution in [3.8, 4) is 12.3 Å². The van der Waals surface area contributed by atoms with Gasteiger partial charge in [0.25, 0.3) is 0 Å². The summed E-state index contributed by atoms with van der Waals surface area (Å²) >= 11 is 0. The second-order valence-electron chi connectivity index (χ2n) is 3.35. The summed E-state index contributed by atoms with van der Waals surface area (Å²) in [7, 11) is 0. The van der Waals surface area contributed by atoms with Crippen LogP contribution in [-0.2, 0) is 12.1 Å². The van der Waals surface area contributed by atoms with Crippen molar-refractivity contribution in [2.24, 2.45) is 5.73 Å². The first-order valence-electron chi connectivity index (χ1n) is 3.79. The largest absolute Gasteiger partial charge is 0.322 e. The lowest BCUT2D eigenvalue weighted by atomic mass is 10.00. The van der Waals surface area contributed by atoms with E-state index < -0.39 is 0 Å². The van der Waals surface area contributed by atoms with Crippen LogP contribution in [0.4, 0.5) is 0 Å². The molecule has 0 radical (unpaired) electrons. The van der Waals surface area contributed by atoms with Crippen LogP contribution in [0.3, 0.4) is 0 Å². The van der Waals surface area contributed by atoms with Gasteiger partial charge in [0, 0.05) is 17.3 Å². The highest BCUT2D eigenvalue weighted by atomic mass is 15.3. The standard InChI is InChI=1S/C9H13N3/c1-4-5-12-7-8(6-11-12)9(2,3)10/h1,6-7H,5,10H2,2-3H3. The molecule has 0 spiro atoms. The lowest BCUT2D eigenvalue weighted by molar-refractivity contribution is 0.553. The molecule has 0 aliphatic rings. The van der Waals surface area contributed by atoms with Crippen LogP contribution in [0.25, 0.3) is 0 Å². The predicted molar refractivity (Wildman–Crippen MR) is 48.3 cm³/mol. The van der Waals surface area contributed by atoms with Gasteiger partial charge in [-0.1, -0.05) is 5.92 Å². The maximum atomic E-state index is 5.86. The van der Waals surface area contributed by atoms with Gasteiger partial charge in [0.2, 0.25) is 0 Å². The average molecular weight is 163 g/mol. The normalized spacial score (nSPS) is 11.2. The van der Waals surface area contributed by atoms with Gasteiger partial charge in [-0.2, -0.15) is 5.10 Å². The van der Waals surface area contributed by atoms with Crippen molar-refractivity contribution in [2.75, 3.05) is 0 Å². The van der Waals surface area contributed by atoms with E-state index in [9.17, 15) is 0 Å². The van der Waals surface area contributed by atoms with E-state index in [1.807, 2.05) is 20.0 Å². The molecule has 0 bridgehead atoms. The first-order valence-corrected chi connectivity index (χ1v) is 3.79. The summed E-state index contributed by atoms with van der Waals surface area (Å²) in [5.41, 5.74) is 6.52. The number of terminal acetylenes is 1. The molecule has 3 nitrogen and oxygen atoms in total. The number of rotatable bonds is 2. The van der Waals surface area contributed by atoms with E-state index in [2.05, 4.69) is 11.0 Å². The predicted octanol–water partition coefficient (Wildman–Crippen LogP) is 0.710. The maximum absolute atomic E-state index is 5.86. The molecule has 0 saturated carbocycles. The van der Waals surface area contributed by atoms with Crippen LogP contribution in [0, 0.1) is 12.3 Å². The number of aromatic nitrogens is 2. The highest BCUT2D eigenvalue weighted by Crippen LogP contribution is 2.14. The second kappa shape index (κ2) is 3.00. The minimum atomic E-state index is -0.340. The summed E-state index contributed by atoms with van der Waals surface area (Å²) in [6, 6.07) is 0. The Bertz CT molecular complexity index is 298. The Morgan fingerprint density at radius 1 is 1.75 bits per heavy atom. The number of nitrogens with zero attached hydrogens (tertiary/aromatic N) is 2. The third-order valence-corrected chi connectivity index (χ3v) is 1.63. The van der Waals surface area contributed by atoms with Crippen LogP contribution < -0.4 is 5.73 Å². The molecule has 12 heavy (non-hydrogen) atoms. The zero-order chi connectivity index (χ0) is 9.19. The van der Waals surface area contributed by atoms with Crippen molar-refractivity contribution in [2.45, 2.75) is 25.9 Å². The Balaban J connectivity index is 2.86. The summed E-state index contributed by atoms with van der Waals surface area (Å²) in [6.45, 7) is 4.37. The van der Waals surface area contributed by atoms with Gasteiger partial charge in [-0.25, -0.2) is 0 Å². The van der Waals surface area contributed by atoms with Gasteiger partial charge < -0.3 is 5.73 Å². The molecule has 0 aromatic carbocycles. The quantitative estimate of drug-likeness (QED) is 0.652. The van der Waals surface area contributed by atoms with Gasteiger partial charge in [0.05, 0.1) is 6.20 Å². The van der Waals surface area contributed by atoms with Crippen molar-refractivity contribution in [3.05, 3.63) is 18.0 Å². The fourth-order valence-corrected chi connectivity index (χ4v) is 0.876. The molecule has 0 fully saturated rings. The summed E-state index contributed by atoms with van der Waals surface area (Å²) < 4.78 is 1.70. The van der Waals surface area contributed by atoms with Crippen LogP contribution in [0.5, 0.6) is 0 Å². The molecule has 1 aromatic rings. The molecule has 0 saturated heterocycles. The summed E-state index contributed by atoms with van der Waals surface area (Å²) in [5.74, 6) is 2.51. The monoisotopic (exact) mass is 163 g/mol. The molecule has 1 rings (SSSR count). The van der Waals surface area contributed by atoms with E-state index >= 15 is 0 Å². The highest BCUT2D eigenvalue weighted by molar-refractivity contribution is 5.14. The second-order valence-corrected chi connectivity index (χ2v) is 3.35. The molecule has 1 aromatic heterocycles. The number of nitrogens with two attached hydrogens (primary N) is 1. The summed E-state index contributed by atoms with van der Waals surface area (Å²) in [4.78, 5) is 0. The molecular weight excluding hydrogens is 150 g/mol. The summed E-state index contributed by atoms with van der Waals surface area (Å²) in [6.07, 6.45) is 8.76. The van der Waals surface area contributed by atoms with Crippen molar-refractivity contribution in [3.63, 3.8) is 0 Å². The van der Waals surface area contributed by atoms with Crippen molar-refractivity contribution < 1.29 is 0 Å². The molecule has 0 aliphatic carbocycles. The van der Waals surface area contributed by atoms with Gasteiger partial charge in [-0.15, -0.1) is 6.42 Å². The Morgan fingerprint density at radius 2 is 2.42 bits per heavy atom. The van der Waals surface area contributed by atoms with Gasteiger partial charge in [-0.3, -0.25) is 4.68 Å². The minimum absolute atomic E-state index is 0.340. The van der Waals surface area contributed by atoms with Crippen molar-refractivity contribution in [1.29, 1.82) is 0 Å². The van der Waals surface area contributed by atoms with Crippen LogP contribution in [0.1, 0.15) is 19.4 Å². The first-order chi connectivity index (χ1) is 5.54. The van der Waals surface area contributed by atoms with E-state index in [1.165, 1.54) is 0 Å². The summed E-state index contributed by atoms with van der Waals surface area (Å²) in [5, 5.41) is 4.07. The third kappa shape index (κ3) is 1.86. The fraction of sp³-hybridized carbons (Fsp3) is 0.444. The van der Waals surface area contributed by atoms with Gasteiger partial charge in [0.15, 0.2) is 0 Å². The molecular formula is C9H13N3. The Morgan fingerprint density at radius 3 is 2.83 bits per heavy atom. The highest BCUT2D eigenvalue weighted by Gasteiger charge is 2.15. The van der Waals surface area contributed by atoms with Crippen LogP contribution >= 0.6 is 0 Å². The van der Waals surface area contributed by atoms with Crippen LogP contribution in [-0.4, -0.2) is 9.78 Å². The molecule has 1 heterocycles. The number of hydrogen-bond acceptors (Lipinski definition) is 2. The van der Waals surface area contributed by atoms with E-state index in [0.717, 1.165) is 5.56 Å². The Labute approximate surface area is 72.6 Å². The Kier molecular flexibility index (Phi) is 2.20. The van der Waals surface area contributed by atoms with Crippen LogP contribution in [0.15, 0.2) is 12.4 Å². The zero-order valence-electron chi connectivity index (χ0n) is 7.41. The van der Waals surface area contributed by atoms with E-state index in [4.69, 9.17) is 12.2 Å². The zero-order valence-corrected chi connectivity index (χ0v) is 7.41. The van der Waals surface area contributed by atoms with Crippen LogP contribution in [0.2, 0.25) is 0 Å². The maximum Gasteiger partial charge on any atom is 0.101 e. The van der Waals surface area contributed by atoms with E-state index in [0.29, 0.717) is 6.54 Å². The fourth-order valence-electron chi connectivity index (χ4n) is 0.876. The molecule has 3 heteroatoms. The molecule has 0 unspecified atom stereocenters. The SMILES string of the molecule is C#CCn1cc(C(C)(C)N)cn1. The minimum Gasteiger partial charge on any atom is -0.322 e. The topological polar surface area (TPSA) is 43.8 Å². The van der Waals surface area contributed by atoms with E-state index in [1.54, 1.807) is 10.9 Å². The molecule has 64 valence electrons. The smallest absolute Gasteiger partial charge is 0.101 e. The average Bonchev–Trinajstić information content (AvgIpc) is 2.35. The van der Waals surface area contributed by atoms with Gasteiger partial charge in [0.1, 0.15) is 6.54 Å². The van der Waals surface area contributed by atoms with Gasteiger partial charge >= 0.3 is 0 Å². The third-order valence-electron chi connectivity index (χ3n) is 1.63. The molecule has 0 atom stereocenters.